The van der Waals surface area contributed by atoms with E-state index in [-0.39, 0.29) is 16.9 Å². The van der Waals surface area contributed by atoms with Crippen LogP contribution in [0.4, 0.5) is 15.8 Å². The van der Waals surface area contributed by atoms with E-state index >= 15 is 0 Å². The van der Waals surface area contributed by atoms with Crippen molar-refractivity contribution in [2.24, 2.45) is 0 Å². The zero-order valence-corrected chi connectivity index (χ0v) is 19.4. The first-order valence-corrected chi connectivity index (χ1v) is 10.7. The van der Waals surface area contributed by atoms with Crippen molar-refractivity contribution in [3.63, 3.8) is 0 Å². The quantitative estimate of drug-likeness (QED) is 0.335. The zero-order valence-electron chi connectivity index (χ0n) is 19.4. The fourth-order valence-corrected chi connectivity index (χ4v) is 4.18. The van der Waals surface area contributed by atoms with Crippen molar-refractivity contribution in [1.82, 2.24) is 0 Å². The molecule has 3 aromatic carbocycles. The molecule has 34 heavy (non-hydrogen) atoms. The molecule has 3 aromatic rings. The van der Waals surface area contributed by atoms with Crippen LogP contribution < -0.4 is 14.5 Å². The van der Waals surface area contributed by atoms with Crippen molar-refractivity contribution in [3.8, 4) is 5.75 Å². The average molecular weight is 461 g/mol. The van der Waals surface area contributed by atoms with Crippen molar-refractivity contribution in [1.29, 1.82) is 0 Å². The Morgan fingerprint density at radius 2 is 1.74 bits per heavy atom. The van der Waals surface area contributed by atoms with Crippen LogP contribution in [-0.2, 0) is 9.59 Å². The van der Waals surface area contributed by atoms with Gasteiger partial charge in [-0.15, -0.1) is 0 Å². The van der Waals surface area contributed by atoms with Crippen LogP contribution in [0.1, 0.15) is 22.7 Å². The number of hydrogen-bond acceptors (Lipinski definition) is 5. The number of ether oxygens (including phenoxy) is 1. The van der Waals surface area contributed by atoms with E-state index in [0.717, 1.165) is 17.3 Å². The minimum absolute atomic E-state index is 0.00103. The summed E-state index contributed by atoms with van der Waals surface area (Å²) in [7, 11) is 5.19. The minimum atomic E-state index is -0.905. The van der Waals surface area contributed by atoms with Gasteiger partial charge in [-0.25, -0.2) is 4.39 Å². The fraction of sp³-hybridized carbons (Fsp3) is 0.185. The Bertz CT molecular complexity index is 1300. The number of rotatable bonds is 5. The number of amides is 1. The first-order valence-electron chi connectivity index (χ1n) is 10.7. The number of halogens is 1. The largest absolute Gasteiger partial charge is 0.507 e. The molecule has 0 radical (unpaired) electrons. The Morgan fingerprint density at radius 1 is 1.03 bits per heavy atom. The van der Waals surface area contributed by atoms with Gasteiger partial charge in [0.1, 0.15) is 17.3 Å². The van der Waals surface area contributed by atoms with Gasteiger partial charge in [-0.3, -0.25) is 14.5 Å². The number of anilines is 2. The van der Waals surface area contributed by atoms with E-state index in [1.165, 1.54) is 24.1 Å². The van der Waals surface area contributed by atoms with Crippen LogP contribution in [0, 0.1) is 12.7 Å². The van der Waals surface area contributed by atoms with E-state index < -0.39 is 29.3 Å². The molecule has 1 heterocycles. The summed E-state index contributed by atoms with van der Waals surface area (Å²) >= 11 is 0. The van der Waals surface area contributed by atoms with Gasteiger partial charge >= 0.3 is 0 Å². The number of hydrogen-bond donors (Lipinski definition) is 1. The van der Waals surface area contributed by atoms with Crippen LogP contribution in [0.25, 0.3) is 5.76 Å². The summed E-state index contributed by atoms with van der Waals surface area (Å²) in [4.78, 5) is 29.8. The Morgan fingerprint density at radius 3 is 2.35 bits per heavy atom. The minimum Gasteiger partial charge on any atom is -0.507 e. The van der Waals surface area contributed by atoms with Gasteiger partial charge in [-0.05, 0) is 55.0 Å². The number of nitrogens with zero attached hydrogens (tertiary/aromatic N) is 2. The summed E-state index contributed by atoms with van der Waals surface area (Å²) in [5.41, 5.74) is 2.88. The number of carbonyl (C=O) groups excluding carboxylic acids is 2. The van der Waals surface area contributed by atoms with Crippen molar-refractivity contribution >= 4 is 28.8 Å². The molecule has 0 aromatic heterocycles. The lowest BCUT2D eigenvalue weighted by molar-refractivity contribution is -0.132. The molecule has 0 bridgehead atoms. The smallest absolute Gasteiger partial charge is 0.300 e. The van der Waals surface area contributed by atoms with E-state index in [1.54, 1.807) is 18.2 Å². The first-order chi connectivity index (χ1) is 16.2. The second-order valence-corrected chi connectivity index (χ2v) is 8.34. The van der Waals surface area contributed by atoms with Crippen LogP contribution in [0.5, 0.6) is 5.75 Å². The number of methoxy groups -OCH3 is 1. The maximum absolute atomic E-state index is 14.1. The Labute approximate surface area is 197 Å². The highest BCUT2D eigenvalue weighted by atomic mass is 19.1. The molecule has 1 saturated heterocycles. The standard InChI is InChI=1S/C27H25FN2O4/c1-16-6-5-7-17(14-16)24-23(25(31)21-15-18(28)8-13-22(21)34-4)26(32)27(33)30(24)20-11-9-19(10-12-20)29(2)3/h5-15,24,31H,1-4H3/b25-23+. The monoisotopic (exact) mass is 460 g/mol. The maximum Gasteiger partial charge on any atom is 0.300 e. The first kappa shape index (κ1) is 23.0. The highest BCUT2D eigenvalue weighted by Crippen LogP contribution is 2.43. The summed E-state index contributed by atoms with van der Waals surface area (Å²) < 4.78 is 19.3. The molecule has 6 nitrogen and oxygen atoms in total. The summed E-state index contributed by atoms with van der Waals surface area (Å²) in [6.45, 7) is 1.90. The number of carbonyl (C=O) groups is 2. The predicted molar refractivity (Wildman–Crippen MR) is 130 cm³/mol. The lowest BCUT2D eigenvalue weighted by Crippen LogP contribution is -2.29. The normalized spacial score (nSPS) is 17.2. The predicted octanol–water partition coefficient (Wildman–Crippen LogP) is 4.84. The zero-order chi connectivity index (χ0) is 24.6. The third-order valence-corrected chi connectivity index (χ3v) is 5.86. The van der Waals surface area contributed by atoms with Crippen LogP contribution in [0.2, 0.25) is 0 Å². The molecule has 0 saturated carbocycles. The Balaban J connectivity index is 1.96. The Kier molecular flexibility index (Phi) is 6.11. The number of Topliss-reactive ketones (excluding diaryl/α,β-unsaturated/α-hetero) is 1. The van der Waals surface area contributed by atoms with Crippen molar-refractivity contribution in [3.05, 3.63) is 94.8 Å². The molecule has 1 aliphatic heterocycles. The third-order valence-electron chi connectivity index (χ3n) is 5.86. The molecule has 1 fully saturated rings. The fourth-order valence-electron chi connectivity index (χ4n) is 4.18. The number of aryl methyl sites for hydroxylation is 1. The van der Waals surface area contributed by atoms with Crippen LogP contribution >= 0.6 is 0 Å². The Hall–Kier alpha value is -4.13. The van der Waals surface area contributed by atoms with Crippen LogP contribution in [0.15, 0.2) is 72.3 Å². The van der Waals surface area contributed by atoms with Gasteiger partial charge in [-0.2, -0.15) is 0 Å². The van der Waals surface area contributed by atoms with Gasteiger partial charge in [0.2, 0.25) is 0 Å². The summed E-state index contributed by atoms with van der Waals surface area (Å²) in [6.07, 6.45) is 0. The summed E-state index contributed by atoms with van der Waals surface area (Å²) in [5, 5.41) is 11.3. The number of benzene rings is 3. The van der Waals surface area contributed by atoms with Crippen LogP contribution in [0.3, 0.4) is 0 Å². The average Bonchev–Trinajstić information content (AvgIpc) is 3.09. The molecule has 1 aliphatic rings. The van der Waals surface area contributed by atoms with Gasteiger partial charge in [0.15, 0.2) is 0 Å². The lowest BCUT2D eigenvalue weighted by atomic mass is 9.94. The van der Waals surface area contributed by atoms with Gasteiger partial charge in [0, 0.05) is 25.5 Å². The highest BCUT2D eigenvalue weighted by molar-refractivity contribution is 6.51. The second-order valence-electron chi connectivity index (χ2n) is 8.34. The molecule has 4 rings (SSSR count). The molecule has 174 valence electrons. The summed E-state index contributed by atoms with van der Waals surface area (Å²) in [5.74, 6) is -2.55. The molecule has 0 aliphatic carbocycles. The molecule has 7 heteroatoms. The molecule has 1 unspecified atom stereocenters. The molecular formula is C27H25FN2O4. The topological polar surface area (TPSA) is 70.1 Å². The van der Waals surface area contributed by atoms with Gasteiger partial charge < -0.3 is 14.7 Å². The molecule has 1 amide bonds. The molecule has 1 N–H and O–H groups in total. The number of ketones is 1. The highest BCUT2D eigenvalue weighted by Gasteiger charge is 2.47. The van der Waals surface area contributed by atoms with Gasteiger partial charge in [0.05, 0.1) is 24.3 Å². The van der Waals surface area contributed by atoms with Crippen molar-refractivity contribution in [2.75, 3.05) is 31.0 Å². The van der Waals surface area contributed by atoms with Crippen molar-refractivity contribution in [2.45, 2.75) is 13.0 Å². The van der Waals surface area contributed by atoms with Crippen molar-refractivity contribution < 1.29 is 23.8 Å². The van der Waals surface area contributed by atoms with Gasteiger partial charge in [-0.1, -0.05) is 29.8 Å². The number of aliphatic hydroxyl groups excluding tert-OH is 1. The summed E-state index contributed by atoms with van der Waals surface area (Å²) in [6, 6.07) is 17.3. The van der Waals surface area contributed by atoms with E-state index in [9.17, 15) is 19.1 Å². The van der Waals surface area contributed by atoms with E-state index in [2.05, 4.69) is 0 Å². The van der Waals surface area contributed by atoms with Gasteiger partial charge in [0.25, 0.3) is 11.7 Å². The maximum atomic E-state index is 14.1. The second kappa shape index (κ2) is 9.02. The number of aliphatic hydroxyl groups is 1. The SMILES string of the molecule is COc1ccc(F)cc1/C(O)=C1\C(=O)C(=O)N(c2ccc(N(C)C)cc2)C1c1cccc(C)c1. The van der Waals surface area contributed by atoms with E-state index in [4.69, 9.17) is 4.74 Å². The van der Waals surface area contributed by atoms with E-state index in [0.29, 0.717) is 11.3 Å². The molecule has 0 spiro atoms. The molecular weight excluding hydrogens is 435 g/mol. The molecule has 1 atom stereocenters. The van der Waals surface area contributed by atoms with E-state index in [1.807, 2.05) is 56.3 Å². The van der Waals surface area contributed by atoms with Crippen LogP contribution in [-0.4, -0.2) is 38.0 Å². The lowest BCUT2D eigenvalue weighted by Gasteiger charge is -2.26. The third kappa shape index (κ3) is 4.01.